The number of benzene rings is 1. The number of carbonyl (C=O) groups is 2. The molecule has 1 aliphatic rings. The number of rotatable bonds is 5. The van der Waals surface area contributed by atoms with Crippen LogP contribution in [0.4, 0.5) is 0 Å². The number of ether oxygens (including phenoxy) is 2. The third-order valence-corrected chi connectivity index (χ3v) is 4.76. The van der Waals surface area contributed by atoms with E-state index in [4.69, 9.17) is 9.47 Å². The zero-order valence-electron chi connectivity index (χ0n) is 15.0. The Hall–Kier alpha value is -2.83. The summed E-state index contributed by atoms with van der Waals surface area (Å²) in [5.41, 5.74) is 0.679. The Morgan fingerprint density at radius 3 is 2.46 bits per heavy atom. The standard InChI is InChI=1S/C19H23N3O4/c1-25-17-11-13(10-14(12-17)19(24)26-2)18(23)21-15-4-6-16(7-5-15)22-9-3-8-20-22/h3,8-12,15-16H,4-7H2,1-2H3,(H,21,23). The molecule has 0 spiro atoms. The number of hydrogen-bond donors (Lipinski definition) is 1. The molecule has 1 amide bonds. The zero-order chi connectivity index (χ0) is 18.5. The second-order valence-corrected chi connectivity index (χ2v) is 6.41. The predicted octanol–water partition coefficient (Wildman–Crippen LogP) is 2.59. The molecule has 0 radical (unpaired) electrons. The molecule has 0 bridgehead atoms. The van der Waals surface area contributed by atoms with Gasteiger partial charge in [-0.25, -0.2) is 4.79 Å². The molecule has 0 atom stereocenters. The summed E-state index contributed by atoms with van der Waals surface area (Å²) in [5.74, 6) is -0.269. The molecule has 26 heavy (non-hydrogen) atoms. The number of nitrogens with zero attached hydrogens (tertiary/aromatic N) is 2. The van der Waals surface area contributed by atoms with Gasteiger partial charge in [-0.1, -0.05) is 0 Å². The van der Waals surface area contributed by atoms with Crippen molar-refractivity contribution in [2.45, 2.75) is 37.8 Å². The van der Waals surface area contributed by atoms with Crippen molar-refractivity contribution in [3.8, 4) is 5.75 Å². The minimum absolute atomic E-state index is 0.113. The van der Waals surface area contributed by atoms with Crippen LogP contribution in [0.2, 0.25) is 0 Å². The van der Waals surface area contributed by atoms with Gasteiger partial charge in [-0.15, -0.1) is 0 Å². The monoisotopic (exact) mass is 357 g/mol. The van der Waals surface area contributed by atoms with Crippen molar-refractivity contribution >= 4 is 11.9 Å². The van der Waals surface area contributed by atoms with E-state index < -0.39 is 5.97 Å². The van der Waals surface area contributed by atoms with Crippen LogP contribution < -0.4 is 10.1 Å². The molecule has 1 heterocycles. The normalized spacial score (nSPS) is 19.6. The first-order valence-corrected chi connectivity index (χ1v) is 8.68. The van der Waals surface area contributed by atoms with Crippen LogP contribution in [-0.2, 0) is 4.74 Å². The van der Waals surface area contributed by atoms with Crippen LogP contribution >= 0.6 is 0 Å². The fraction of sp³-hybridized carbons (Fsp3) is 0.421. The van der Waals surface area contributed by atoms with Crippen LogP contribution in [0.1, 0.15) is 52.4 Å². The number of nitrogens with one attached hydrogen (secondary N) is 1. The first-order valence-electron chi connectivity index (χ1n) is 8.68. The summed E-state index contributed by atoms with van der Waals surface area (Å²) in [7, 11) is 2.80. The zero-order valence-corrected chi connectivity index (χ0v) is 15.0. The van der Waals surface area contributed by atoms with Crippen molar-refractivity contribution in [1.82, 2.24) is 15.1 Å². The summed E-state index contributed by atoms with van der Waals surface area (Å²) >= 11 is 0. The van der Waals surface area contributed by atoms with Crippen LogP contribution in [0.25, 0.3) is 0 Å². The fourth-order valence-corrected chi connectivity index (χ4v) is 3.33. The van der Waals surface area contributed by atoms with E-state index in [9.17, 15) is 9.59 Å². The molecular formula is C19H23N3O4. The first kappa shape index (κ1) is 18.0. The molecule has 0 saturated heterocycles. The van der Waals surface area contributed by atoms with Crippen molar-refractivity contribution in [3.63, 3.8) is 0 Å². The Bertz CT molecular complexity index is 765. The highest BCUT2D eigenvalue weighted by Crippen LogP contribution is 2.28. The summed E-state index contributed by atoms with van der Waals surface area (Å²) in [6.07, 6.45) is 7.49. The number of hydrogen-bond acceptors (Lipinski definition) is 5. The molecule has 7 nitrogen and oxygen atoms in total. The van der Waals surface area contributed by atoms with Crippen LogP contribution in [-0.4, -0.2) is 41.9 Å². The second kappa shape index (κ2) is 8.03. The summed E-state index contributed by atoms with van der Waals surface area (Å²) in [5, 5.41) is 7.36. The average molecular weight is 357 g/mol. The highest BCUT2D eigenvalue weighted by Gasteiger charge is 2.24. The highest BCUT2D eigenvalue weighted by molar-refractivity contribution is 5.98. The smallest absolute Gasteiger partial charge is 0.338 e. The molecule has 1 N–H and O–H groups in total. The Morgan fingerprint density at radius 2 is 1.85 bits per heavy atom. The van der Waals surface area contributed by atoms with E-state index in [0.717, 1.165) is 25.7 Å². The molecule has 1 aromatic heterocycles. The summed E-state index contributed by atoms with van der Waals surface area (Å²) in [6, 6.07) is 7.13. The Kier molecular flexibility index (Phi) is 5.55. The summed E-state index contributed by atoms with van der Waals surface area (Å²) in [4.78, 5) is 24.4. The molecular weight excluding hydrogens is 334 g/mol. The lowest BCUT2D eigenvalue weighted by Crippen LogP contribution is -2.38. The van der Waals surface area contributed by atoms with E-state index in [-0.39, 0.29) is 11.9 Å². The van der Waals surface area contributed by atoms with Crippen molar-refractivity contribution in [2.24, 2.45) is 0 Å². The fourth-order valence-electron chi connectivity index (χ4n) is 3.33. The lowest BCUT2D eigenvalue weighted by molar-refractivity contribution is 0.0600. The Balaban J connectivity index is 1.64. The molecule has 1 aliphatic carbocycles. The van der Waals surface area contributed by atoms with Crippen LogP contribution in [0, 0.1) is 0 Å². The van der Waals surface area contributed by atoms with E-state index in [0.29, 0.717) is 22.9 Å². The minimum Gasteiger partial charge on any atom is -0.497 e. The second-order valence-electron chi connectivity index (χ2n) is 6.41. The molecule has 7 heteroatoms. The Labute approximate surface area is 152 Å². The van der Waals surface area contributed by atoms with E-state index in [1.54, 1.807) is 18.3 Å². The number of esters is 1. The van der Waals surface area contributed by atoms with Gasteiger partial charge in [0.2, 0.25) is 0 Å². The number of methoxy groups -OCH3 is 2. The summed E-state index contributed by atoms with van der Waals surface area (Å²) < 4.78 is 11.9. The van der Waals surface area contributed by atoms with Crippen LogP contribution in [0.5, 0.6) is 5.75 Å². The topological polar surface area (TPSA) is 82.5 Å². The third-order valence-electron chi connectivity index (χ3n) is 4.76. The van der Waals surface area contributed by atoms with E-state index >= 15 is 0 Å². The SMILES string of the molecule is COC(=O)c1cc(OC)cc(C(=O)NC2CCC(n3cccn3)CC2)c1. The molecule has 1 aromatic carbocycles. The van der Waals surface area contributed by atoms with Gasteiger partial charge in [-0.2, -0.15) is 5.10 Å². The van der Waals surface area contributed by atoms with E-state index in [1.165, 1.54) is 20.3 Å². The lowest BCUT2D eigenvalue weighted by Gasteiger charge is -2.29. The van der Waals surface area contributed by atoms with Gasteiger partial charge in [-0.05, 0) is 49.9 Å². The lowest BCUT2D eigenvalue weighted by atomic mass is 9.91. The van der Waals surface area contributed by atoms with Crippen molar-refractivity contribution < 1.29 is 19.1 Å². The molecule has 3 rings (SSSR count). The maximum absolute atomic E-state index is 12.6. The van der Waals surface area contributed by atoms with Crippen LogP contribution in [0.3, 0.4) is 0 Å². The van der Waals surface area contributed by atoms with Crippen molar-refractivity contribution in [1.29, 1.82) is 0 Å². The molecule has 1 fully saturated rings. The van der Waals surface area contributed by atoms with Gasteiger partial charge >= 0.3 is 5.97 Å². The largest absolute Gasteiger partial charge is 0.497 e. The molecule has 1 saturated carbocycles. The van der Waals surface area contributed by atoms with Gasteiger partial charge in [0, 0.05) is 24.0 Å². The van der Waals surface area contributed by atoms with Gasteiger partial charge < -0.3 is 14.8 Å². The molecule has 0 aliphatic heterocycles. The van der Waals surface area contributed by atoms with Gasteiger partial charge in [0.05, 0.1) is 25.8 Å². The molecule has 2 aromatic rings. The quantitative estimate of drug-likeness (QED) is 0.832. The van der Waals surface area contributed by atoms with Crippen molar-refractivity contribution in [2.75, 3.05) is 14.2 Å². The molecule has 0 unspecified atom stereocenters. The minimum atomic E-state index is -0.502. The number of amides is 1. The predicted molar refractivity (Wildman–Crippen MR) is 95.3 cm³/mol. The third kappa shape index (κ3) is 4.04. The Morgan fingerprint density at radius 1 is 1.12 bits per heavy atom. The highest BCUT2D eigenvalue weighted by atomic mass is 16.5. The number of aromatic nitrogens is 2. The van der Waals surface area contributed by atoms with E-state index in [2.05, 4.69) is 10.4 Å². The van der Waals surface area contributed by atoms with Crippen LogP contribution in [0.15, 0.2) is 36.7 Å². The van der Waals surface area contributed by atoms with Gasteiger partial charge in [0.25, 0.3) is 5.91 Å². The van der Waals surface area contributed by atoms with Crippen molar-refractivity contribution in [3.05, 3.63) is 47.8 Å². The maximum Gasteiger partial charge on any atom is 0.338 e. The maximum atomic E-state index is 12.6. The van der Waals surface area contributed by atoms with Gasteiger partial charge in [0.15, 0.2) is 0 Å². The average Bonchev–Trinajstić information content (AvgIpc) is 3.22. The van der Waals surface area contributed by atoms with Gasteiger partial charge in [0.1, 0.15) is 5.75 Å². The summed E-state index contributed by atoms with van der Waals surface area (Å²) in [6.45, 7) is 0. The van der Waals surface area contributed by atoms with E-state index in [1.807, 2.05) is 16.9 Å². The number of carbonyl (C=O) groups excluding carboxylic acids is 2. The molecule has 138 valence electrons. The first-order chi connectivity index (χ1) is 12.6. The van der Waals surface area contributed by atoms with Gasteiger partial charge in [-0.3, -0.25) is 9.48 Å².